The van der Waals surface area contributed by atoms with Crippen molar-refractivity contribution >= 4 is 28.1 Å². The third-order valence-electron chi connectivity index (χ3n) is 2.15. The van der Waals surface area contributed by atoms with Crippen LogP contribution in [0.3, 0.4) is 0 Å². The van der Waals surface area contributed by atoms with E-state index in [2.05, 4.69) is 12.0 Å². The summed E-state index contributed by atoms with van der Waals surface area (Å²) in [7, 11) is -0.559. The van der Waals surface area contributed by atoms with E-state index in [1.807, 2.05) is 0 Å². The molecule has 0 amide bonds. The molecule has 0 saturated heterocycles. The molecule has 98 valence electrons. The lowest BCUT2D eigenvalue weighted by Crippen LogP contribution is -2.26. The molecule has 0 saturated carbocycles. The molecule has 0 spiro atoms. The molecule has 0 radical (unpaired) electrons. The summed E-state index contributed by atoms with van der Waals surface area (Å²) in [6.07, 6.45) is 4.17. The number of unbranched alkanes of at least 4 members (excludes halogenated alkanes) is 2. The summed E-state index contributed by atoms with van der Waals surface area (Å²) >= 11 is 1.19. The molecule has 0 aliphatic rings. The smallest absolute Gasteiger partial charge is 0.276 e. The highest BCUT2D eigenvalue weighted by atomic mass is 32.7. The average Bonchev–Trinajstić information content (AvgIpc) is 2.22. The molecular formula is C8H21N2O3PS2. The Bertz CT molecular complexity index is 345. The lowest BCUT2D eigenvalue weighted by molar-refractivity contribution is 0.530. The lowest BCUT2D eigenvalue weighted by Gasteiger charge is -2.24. The highest BCUT2D eigenvalue weighted by molar-refractivity contribution is 8.57. The van der Waals surface area contributed by atoms with Crippen LogP contribution in [0.5, 0.6) is 0 Å². The van der Waals surface area contributed by atoms with Gasteiger partial charge in [-0.15, -0.1) is 4.08 Å². The fourth-order valence-corrected chi connectivity index (χ4v) is 7.50. The molecule has 0 aliphatic carbocycles. The second kappa shape index (κ2) is 7.01. The predicted octanol–water partition coefficient (Wildman–Crippen LogP) is 2.13. The lowest BCUT2D eigenvalue weighted by atomic mass is 10.3. The van der Waals surface area contributed by atoms with Crippen LogP contribution in [0.15, 0.2) is 0 Å². The zero-order valence-corrected chi connectivity index (χ0v) is 12.8. The Kier molecular flexibility index (Phi) is 7.21. The molecule has 0 aromatic carbocycles. The van der Waals surface area contributed by atoms with Gasteiger partial charge >= 0.3 is 0 Å². The van der Waals surface area contributed by atoms with E-state index in [1.54, 1.807) is 0 Å². The monoisotopic (exact) mass is 288 g/mol. The normalized spacial score (nSPS) is 16.3. The van der Waals surface area contributed by atoms with E-state index in [9.17, 15) is 13.0 Å². The van der Waals surface area contributed by atoms with E-state index in [0.717, 1.165) is 29.6 Å². The van der Waals surface area contributed by atoms with Crippen molar-refractivity contribution in [3.8, 4) is 0 Å². The van der Waals surface area contributed by atoms with E-state index in [-0.39, 0.29) is 0 Å². The van der Waals surface area contributed by atoms with Crippen LogP contribution in [0.1, 0.15) is 26.2 Å². The van der Waals surface area contributed by atoms with Crippen molar-refractivity contribution in [1.82, 2.24) is 9.16 Å². The molecule has 0 bridgehead atoms. The Labute approximate surface area is 103 Å². The largest absolute Gasteiger partial charge is 0.281 e. The van der Waals surface area contributed by atoms with Crippen LogP contribution in [0.25, 0.3) is 0 Å². The van der Waals surface area contributed by atoms with Gasteiger partial charge in [0.1, 0.15) is 0 Å². The molecule has 8 heteroatoms. The Morgan fingerprint density at radius 1 is 1.38 bits per heavy atom. The van der Waals surface area contributed by atoms with E-state index in [4.69, 9.17) is 0 Å². The maximum atomic E-state index is 12.3. The van der Waals surface area contributed by atoms with Gasteiger partial charge in [0.05, 0.1) is 6.26 Å². The summed E-state index contributed by atoms with van der Waals surface area (Å²) in [5, 5.41) is 2.63. The molecule has 0 rings (SSSR count). The Balaban J connectivity index is 4.49. The predicted molar refractivity (Wildman–Crippen MR) is 71.3 cm³/mol. The van der Waals surface area contributed by atoms with Crippen molar-refractivity contribution in [2.75, 3.05) is 26.1 Å². The van der Waals surface area contributed by atoms with Crippen molar-refractivity contribution in [3.05, 3.63) is 0 Å². The highest BCUT2D eigenvalue weighted by Gasteiger charge is 2.32. The molecule has 0 aliphatic heterocycles. The Hall–Kier alpha value is 0.450. The standard InChI is InChI=1S/C8H21N2O3PS2/c1-5-6-7-8-15-14(11,9-2)10(3)16(4,12)13/h5-8H2,1-4H3,(H,9,11). The summed E-state index contributed by atoms with van der Waals surface area (Å²) < 4.78 is 35.9. The molecule has 5 nitrogen and oxygen atoms in total. The minimum atomic E-state index is -3.43. The van der Waals surface area contributed by atoms with Gasteiger partial charge in [0.2, 0.25) is 10.0 Å². The molecule has 1 atom stereocenters. The first-order chi connectivity index (χ1) is 7.28. The quantitative estimate of drug-likeness (QED) is 0.547. The van der Waals surface area contributed by atoms with E-state index >= 15 is 0 Å². The third-order valence-corrected chi connectivity index (χ3v) is 10.0. The number of hydrogen-bond acceptors (Lipinski definition) is 4. The van der Waals surface area contributed by atoms with Gasteiger partial charge in [0.15, 0.2) is 0 Å². The van der Waals surface area contributed by atoms with Gasteiger partial charge in [0, 0.05) is 12.8 Å². The van der Waals surface area contributed by atoms with Gasteiger partial charge < -0.3 is 0 Å². The Morgan fingerprint density at radius 3 is 2.31 bits per heavy atom. The van der Waals surface area contributed by atoms with Crippen LogP contribution in [-0.4, -0.2) is 38.6 Å². The topological polar surface area (TPSA) is 66.5 Å². The maximum absolute atomic E-state index is 12.3. The average molecular weight is 288 g/mol. The number of sulfonamides is 1. The van der Waals surface area contributed by atoms with Crippen LogP contribution in [-0.2, 0) is 14.6 Å². The molecule has 0 heterocycles. The van der Waals surface area contributed by atoms with Crippen molar-refractivity contribution in [1.29, 1.82) is 0 Å². The van der Waals surface area contributed by atoms with E-state index in [0.29, 0.717) is 5.75 Å². The molecule has 1 unspecified atom stereocenters. The molecule has 0 aromatic heterocycles. The van der Waals surface area contributed by atoms with Gasteiger partial charge in [-0.2, -0.15) is 0 Å². The summed E-state index contributed by atoms with van der Waals surface area (Å²) in [4.78, 5) is 0. The van der Waals surface area contributed by atoms with Gasteiger partial charge in [-0.3, -0.25) is 4.57 Å². The zero-order chi connectivity index (χ0) is 12.8. The first-order valence-electron chi connectivity index (χ1n) is 5.16. The van der Waals surface area contributed by atoms with Crippen molar-refractivity contribution < 1.29 is 13.0 Å². The number of rotatable bonds is 8. The second-order valence-electron chi connectivity index (χ2n) is 3.48. The zero-order valence-electron chi connectivity index (χ0n) is 10.3. The molecule has 16 heavy (non-hydrogen) atoms. The van der Waals surface area contributed by atoms with Crippen LogP contribution in [0.4, 0.5) is 0 Å². The van der Waals surface area contributed by atoms with Crippen LogP contribution in [0, 0.1) is 0 Å². The molecule has 1 N–H and O–H groups in total. The first-order valence-corrected chi connectivity index (χ1v) is 10.3. The Morgan fingerprint density at radius 2 is 1.94 bits per heavy atom. The number of hydrogen-bond donors (Lipinski definition) is 1. The molecular weight excluding hydrogens is 267 g/mol. The third kappa shape index (κ3) is 5.19. The van der Waals surface area contributed by atoms with Crippen LogP contribution in [0.2, 0.25) is 0 Å². The number of nitrogens with zero attached hydrogens (tertiary/aromatic N) is 1. The summed E-state index contributed by atoms with van der Waals surface area (Å²) in [6, 6.07) is 0. The fourth-order valence-electron chi connectivity index (χ4n) is 1.02. The summed E-state index contributed by atoms with van der Waals surface area (Å²) in [5.41, 5.74) is 0. The number of nitrogens with one attached hydrogen (secondary N) is 1. The van der Waals surface area contributed by atoms with Crippen LogP contribution < -0.4 is 5.09 Å². The minimum absolute atomic E-state index is 0.700. The molecule has 0 aromatic rings. The summed E-state index contributed by atoms with van der Waals surface area (Å²) in [5.74, 6) is 0.700. The van der Waals surface area contributed by atoms with Gasteiger partial charge in [-0.25, -0.2) is 13.5 Å². The van der Waals surface area contributed by atoms with E-state index in [1.165, 1.54) is 25.5 Å². The van der Waals surface area contributed by atoms with Crippen molar-refractivity contribution in [2.24, 2.45) is 0 Å². The maximum Gasteiger partial charge on any atom is 0.281 e. The first kappa shape index (κ1) is 16.4. The van der Waals surface area contributed by atoms with Crippen molar-refractivity contribution in [2.45, 2.75) is 26.2 Å². The van der Waals surface area contributed by atoms with E-state index < -0.39 is 16.7 Å². The minimum Gasteiger partial charge on any atom is -0.276 e. The van der Waals surface area contributed by atoms with Crippen LogP contribution >= 0.6 is 18.0 Å². The SMILES string of the molecule is CCCCCSP(=O)(NC)N(C)S(C)(=O)=O. The van der Waals surface area contributed by atoms with Gasteiger partial charge in [-0.05, 0) is 13.5 Å². The van der Waals surface area contributed by atoms with Gasteiger partial charge in [0.25, 0.3) is 6.65 Å². The highest BCUT2D eigenvalue weighted by Crippen LogP contribution is 2.57. The van der Waals surface area contributed by atoms with Gasteiger partial charge in [-0.1, -0.05) is 31.1 Å². The van der Waals surface area contributed by atoms with Crippen molar-refractivity contribution in [3.63, 3.8) is 0 Å². The second-order valence-corrected chi connectivity index (χ2v) is 10.8. The fraction of sp³-hybridized carbons (Fsp3) is 1.00. The summed E-state index contributed by atoms with van der Waals surface area (Å²) in [6.45, 7) is -0.953. The molecule has 0 fully saturated rings.